The Kier molecular flexibility index (Phi) is 4.11. The lowest BCUT2D eigenvalue weighted by Gasteiger charge is -2.50. The molecule has 0 unspecified atom stereocenters. The molecule has 3 aromatic rings. The summed E-state index contributed by atoms with van der Waals surface area (Å²) in [5.74, 6) is -0.668. The number of rotatable bonds is 2. The second-order valence-electron chi connectivity index (χ2n) is 7.55. The van der Waals surface area contributed by atoms with Crippen molar-refractivity contribution in [2.45, 2.75) is 37.1 Å². The SMILES string of the molecule is c1ccc(C2(c3ccccc3)Cc3ccccc3[C@]3(CCCCO3)O2)cc1. The first kappa shape index (κ1) is 16.7. The Hall–Kier alpha value is -2.42. The van der Waals surface area contributed by atoms with Gasteiger partial charge in [-0.25, -0.2) is 0 Å². The van der Waals surface area contributed by atoms with Gasteiger partial charge >= 0.3 is 0 Å². The van der Waals surface area contributed by atoms with Crippen LogP contribution in [-0.2, 0) is 27.3 Å². The van der Waals surface area contributed by atoms with E-state index in [2.05, 4.69) is 84.9 Å². The Morgan fingerprint density at radius 3 is 1.93 bits per heavy atom. The van der Waals surface area contributed by atoms with Gasteiger partial charge in [-0.2, -0.15) is 0 Å². The van der Waals surface area contributed by atoms with Gasteiger partial charge in [0.15, 0.2) is 5.79 Å². The van der Waals surface area contributed by atoms with Crippen LogP contribution in [0.4, 0.5) is 0 Å². The average Bonchev–Trinajstić information content (AvgIpc) is 2.75. The third-order valence-corrected chi connectivity index (χ3v) is 5.92. The molecular weight excluding hydrogens is 332 g/mol. The first-order valence-electron chi connectivity index (χ1n) is 9.86. The number of hydrogen-bond donors (Lipinski definition) is 0. The Morgan fingerprint density at radius 1 is 0.667 bits per heavy atom. The maximum Gasteiger partial charge on any atom is 0.196 e. The van der Waals surface area contributed by atoms with Crippen LogP contribution < -0.4 is 0 Å². The summed E-state index contributed by atoms with van der Waals surface area (Å²) < 4.78 is 13.5. The Bertz CT molecular complexity index is 872. The molecule has 136 valence electrons. The molecule has 0 aromatic heterocycles. The van der Waals surface area contributed by atoms with E-state index in [0.717, 1.165) is 32.3 Å². The van der Waals surface area contributed by atoms with Gasteiger partial charge in [-0.1, -0.05) is 84.9 Å². The van der Waals surface area contributed by atoms with Crippen LogP contribution in [0.2, 0.25) is 0 Å². The van der Waals surface area contributed by atoms with Crippen LogP contribution in [-0.4, -0.2) is 6.61 Å². The molecule has 0 N–H and O–H groups in total. The van der Waals surface area contributed by atoms with Crippen molar-refractivity contribution in [2.24, 2.45) is 0 Å². The Balaban J connectivity index is 1.75. The standard InChI is InChI=1S/C25H24O2/c1-3-12-21(13-4-1)24(22-14-5-2-6-15-22)19-20-11-7-8-16-23(20)25(27-24)17-9-10-18-26-25/h1-8,11-16H,9-10,17-19H2/t25-/m0/s1. The normalized spacial score (nSPS) is 23.7. The summed E-state index contributed by atoms with van der Waals surface area (Å²) in [6.45, 7) is 0.744. The predicted octanol–water partition coefficient (Wildman–Crippen LogP) is 5.56. The van der Waals surface area contributed by atoms with E-state index >= 15 is 0 Å². The topological polar surface area (TPSA) is 18.5 Å². The molecule has 0 saturated carbocycles. The van der Waals surface area contributed by atoms with Gasteiger partial charge in [0.05, 0.1) is 6.61 Å². The third kappa shape index (κ3) is 2.72. The minimum atomic E-state index is -0.668. The Morgan fingerprint density at radius 2 is 1.30 bits per heavy atom. The van der Waals surface area contributed by atoms with Gasteiger partial charge in [0.2, 0.25) is 0 Å². The molecule has 5 rings (SSSR count). The molecule has 2 heteroatoms. The summed E-state index contributed by atoms with van der Waals surface area (Å²) in [5.41, 5.74) is 4.33. The van der Waals surface area contributed by atoms with E-state index in [1.807, 2.05) is 0 Å². The predicted molar refractivity (Wildman–Crippen MR) is 106 cm³/mol. The van der Waals surface area contributed by atoms with Gasteiger partial charge in [-0.05, 0) is 29.5 Å². The van der Waals surface area contributed by atoms with Crippen LogP contribution in [0.1, 0.15) is 41.5 Å². The fraction of sp³-hybridized carbons (Fsp3) is 0.280. The third-order valence-electron chi connectivity index (χ3n) is 5.92. The molecule has 2 nitrogen and oxygen atoms in total. The first-order chi connectivity index (χ1) is 13.3. The lowest BCUT2D eigenvalue weighted by molar-refractivity contribution is -0.316. The molecule has 0 bridgehead atoms. The quantitative estimate of drug-likeness (QED) is 0.599. The molecular formula is C25H24O2. The smallest absolute Gasteiger partial charge is 0.196 e. The van der Waals surface area contributed by atoms with Gasteiger partial charge in [-0.3, -0.25) is 0 Å². The fourth-order valence-electron chi connectivity index (χ4n) is 4.65. The monoisotopic (exact) mass is 356 g/mol. The molecule has 2 aliphatic heterocycles. The number of ether oxygens (including phenoxy) is 2. The van der Waals surface area contributed by atoms with Crippen LogP contribution in [0.25, 0.3) is 0 Å². The van der Waals surface area contributed by atoms with Crippen molar-refractivity contribution in [1.29, 1.82) is 0 Å². The van der Waals surface area contributed by atoms with Crippen molar-refractivity contribution in [3.05, 3.63) is 107 Å². The van der Waals surface area contributed by atoms with Gasteiger partial charge in [0, 0.05) is 18.4 Å². The summed E-state index contributed by atoms with van der Waals surface area (Å²) in [5, 5.41) is 0. The van der Waals surface area contributed by atoms with E-state index in [9.17, 15) is 0 Å². The summed E-state index contributed by atoms with van der Waals surface area (Å²) in [4.78, 5) is 0. The van der Waals surface area contributed by atoms with E-state index in [-0.39, 0.29) is 0 Å². The molecule has 1 spiro atoms. The van der Waals surface area contributed by atoms with Crippen molar-refractivity contribution in [3.8, 4) is 0 Å². The second-order valence-corrected chi connectivity index (χ2v) is 7.55. The van der Waals surface area contributed by atoms with E-state index in [4.69, 9.17) is 9.47 Å². The van der Waals surface area contributed by atoms with Crippen molar-refractivity contribution in [1.82, 2.24) is 0 Å². The molecule has 3 aromatic carbocycles. The largest absolute Gasteiger partial charge is 0.346 e. The number of benzene rings is 3. The zero-order valence-corrected chi connectivity index (χ0v) is 15.4. The summed E-state index contributed by atoms with van der Waals surface area (Å²) in [7, 11) is 0. The average molecular weight is 356 g/mol. The van der Waals surface area contributed by atoms with Crippen molar-refractivity contribution in [3.63, 3.8) is 0 Å². The molecule has 27 heavy (non-hydrogen) atoms. The van der Waals surface area contributed by atoms with Crippen LogP contribution in [0.5, 0.6) is 0 Å². The number of hydrogen-bond acceptors (Lipinski definition) is 2. The zero-order valence-electron chi connectivity index (χ0n) is 15.4. The second kappa shape index (κ2) is 6.63. The summed E-state index contributed by atoms with van der Waals surface area (Å²) in [6, 6.07) is 29.9. The molecule has 0 aliphatic carbocycles. The maximum atomic E-state index is 7.08. The lowest BCUT2D eigenvalue weighted by atomic mass is 9.75. The highest BCUT2D eigenvalue weighted by molar-refractivity contribution is 5.44. The van der Waals surface area contributed by atoms with E-state index in [1.54, 1.807) is 0 Å². The summed E-state index contributed by atoms with van der Waals surface area (Å²) in [6.07, 6.45) is 3.92. The first-order valence-corrected chi connectivity index (χ1v) is 9.86. The zero-order chi connectivity index (χ0) is 18.2. The molecule has 2 heterocycles. The number of fused-ring (bicyclic) bond motifs is 2. The van der Waals surface area contributed by atoms with Crippen molar-refractivity contribution in [2.75, 3.05) is 6.61 Å². The highest BCUT2D eigenvalue weighted by atomic mass is 16.7. The highest BCUT2D eigenvalue weighted by Gasteiger charge is 2.51. The molecule has 2 aliphatic rings. The van der Waals surface area contributed by atoms with Crippen LogP contribution in [0.3, 0.4) is 0 Å². The van der Waals surface area contributed by atoms with Gasteiger partial charge in [0.25, 0.3) is 0 Å². The van der Waals surface area contributed by atoms with E-state index in [1.165, 1.54) is 22.3 Å². The molecule has 1 fully saturated rings. The molecule has 0 radical (unpaired) electrons. The van der Waals surface area contributed by atoms with Gasteiger partial charge in [-0.15, -0.1) is 0 Å². The van der Waals surface area contributed by atoms with E-state index < -0.39 is 11.4 Å². The van der Waals surface area contributed by atoms with Gasteiger partial charge < -0.3 is 9.47 Å². The minimum Gasteiger partial charge on any atom is -0.346 e. The maximum absolute atomic E-state index is 7.08. The van der Waals surface area contributed by atoms with Gasteiger partial charge in [0.1, 0.15) is 5.60 Å². The van der Waals surface area contributed by atoms with Crippen molar-refractivity contribution < 1.29 is 9.47 Å². The molecule has 1 saturated heterocycles. The fourth-order valence-corrected chi connectivity index (χ4v) is 4.65. The molecule has 0 amide bonds. The lowest BCUT2D eigenvalue weighted by Crippen LogP contribution is -2.50. The summed E-state index contributed by atoms with van der Waals surface area (Å²) >= 11 is 0. The highest BCUT2D eigenvalue weighted by Crippen LogP contribution is 2.52. The van der Waals surface area contributed by atoms with Crippen LogP contribution in [0, 0.1) is 0 Å². The Labute approximate surface area is 160 Å². The van der Waals surface area contributed by atoms with Crippen LogP contribution in [0.15, 0.2) is 84.9 Å². The molecule has 1 atom stereocenters. The minimum absolute atomic E-state index is 0.547. The van der Waals surface area contributed by atoms with Crippen LogP contribution >= 0.6 is 0 Å². The van der Waals surface area contributed by atoms with Crippen molar-refractivity contribution >= 4 is 0 Å². The van der Waals surface area contributed by atoms with E-state index in [0.29, 0.717) is 0 Å².